The highest BCUT2D eigenvalue weighted by molar-refractivity contribution is 9.10. The monoisotopic (exact) mass is 365 g/mol. The number of hydrogen-bond donors (Lipinski definition) is 1. The molecule has 0 spiro atoms. The van der Waals surface area contributed by atoms with Crippen molar-refractivity contribution in [2.75, 3.05) is 6.54 Å². The summed E-state index contributed by atoms with van der Waals surface area (Å²) in [4.78, 5) is 13.6. The quantitative estimate of drug-likeness (QED) is 0.884. The van der Waals surface area contributed by atoms with Crippen molar-refractivity contribution in [2.24, 2.45) is 0 Å². The zero-order valence-electron chi connectivity index (χ0n) is 11.4. The largest absolute Gasteiger partial charge is 0.480 e. The van der Waals surface area contributed by atoms with Crippen LogP contribution < -0.4 is 0 Å². The van der Waals surface area contributed by atoms with E-state index in [0.717, 1.165) is 29.4 Å². The Labute approximate surface area is 136 Å². The van der Waals surface area contributed by atoms with Gasteiger partial charge in [0, 0.05) is 11.0 Å². The topological polar surface area (TPSA) is 40.5 Å². The van der Waals surface area contributed by atoms with Crippen molar-refractivity contribution in [2.45, 2.75) is 24.9 Å². The molecule has 0 amide bonds. The van der Waals surface area contributed by atoms with Crippen molar-refractivity contribution in [1.29, 1.82) is 0 Å². The number of nitrogens with zero attached hydrogens (tertiary/aromatic N) is 1. The van der Waals surface area contributed by atoms with Gasteiger partial charge in [0.15, 0.2) is 0 Å². The van der Waals surface area contributed by atoms with E-state index in [1.165, 1.54) is 5.56 Å². The minimum Gasteiger partial charge on any atom is -0.480 e. The average Bonchev–Trinajstić information content (AvgIpc) is 3.13. The third kappa shape index (κ3) is 3.05. The predicted octanol–water partition coefficient (Wildman–Crippen LogP) is 4.15. The number of likely N-dealkylation sites (tertiary alicyclic amines) is 1. The van der Waals surface area contributed by atoms with E-state index in [1.807, 2.05) is 17.5 Å². The van der Waals surface area contributed by atoms with Crippen molar-refractivity contribution in [3.8, 4) is 0 Å². The van der Waals surface area contributed by atoms with Gasteiger partial charge in [0.2, 0.25) is 0 Å². The van der Waals surface area contributed by atoms with Crippen molar-refractivity contribution < 1.29 is 9.90 Å². The Bertz CT molecular complexity index is 612. The van der Waals surface area contributed by atoms with Crippen LogP contribution in [-0.4, -0.2) is 28.6 Å². The van der Waals surface area contributed by atoms with Crippen molar-refractivity contribution >= 4 is 33.2 Å². The predicted molar refractivity (Wildman–Crippen MR) is 87.7 cm³/mol. The van der Waals surface area contributed by atoms with Crippen LogP contribution >= 0.6 is 27.3 Å². The molecule has 1 N–H and O–H groups in total. The highest BCUT2D eigenvalue weighted by atomic mass is 79.9. The maximum atomic E-state index is 11.5. The number of rotatable bonds is 4. The molecule has 0 bridgehead atoms. The number of hydrogen-bond acceptors (Lipinski definition) is 3. The van der Waals surface area contributed by atoms with Gasteiger partial charge in [-0.05, 0) is 52.9 Å². The standard InChI is InChI=1S/C16H16BrNO2S/c17-13-5-3-11(4-6-13)15(12-7-9-21-10-12)18-8-1-2-14(18)16(19)20/h3-7,9-10,14-15H,1-2,8H2,(H,19,20). The first kappa shape index (κ1) is 14.8. The molecule has 2 unspecified atom stereocenters. The molecule has 2 heterocycles. The molecule has 21 heavy (non-hydrogen) atoms. The van der Waals surface area contributed by atoms with Gasteiger partial charge < -0.3 is 5.11 Å². The van der Waals surface area contributed by atoms with E-state index in [2.05, 4.69) is 44.4 Å². The summed E-state index contributed by atoms with van der Waals surface area (Å²) in [6.07, 6.45) is 1.67. The third-order valence-corrected chi connectivity index (χ3v) is 5.19. The van der Waals surface area contributed by atoms with Crippen LogP contribution in [0.25, 0.3) is 0 Å². The van der Waals surface area contributed by atoms with Crippen LogP contribution in [0.3, 0.4) is 0 Å². The maximum Gasteiger partial charge on any atom is 0.320 e. The lowest BCUT2D eigenvalue weighted by molar-refractivity contribution is -0.142. The van der Waals surface area contributed by atoms with Gasteiger partial charge in [-0.3, -0.25) is 9.69 Å². The number of carbonyl (C=O) groups is 1. The van der Waals surface area contributed by atoms with Crippen LogP contribution in [0, 0.1) is 0 Å². The molecule has 0 aliphatic carbocycles. The molecule has 3 nitrogen and oxygen atoms in total. The highest BCUT2D eigenvalue weighted by Crippen LogP contribution is 2.36. The fraction of sp³-hybridized carbons (Fsp3) is 0.312. The molecule has 5 heteroatoms. The van der Waals surface area contributed by atoms with Gasteiger partial charge in [0.25, 0.3) is 0 Å². The van der Waals surface area contributed by atoms with E-state index >= 15 is 0 Å². The molecule has 1 aromatic carbocycles. The van der Waals surface area contributed by atoms with E-state index in [1.54, 1.807) is 11.3 Å². The van der Waals surface area contributed by atoms with Gasteiger partial charge in [-0.2, -0.15) is 11.3 Å². The van der Waals surface area contributed by atoms with Crippen molar-refractivity contribution in [1.82, 2.24) is 4.90 Å². The first-order valence-electron chi connectivity index (χ1n) is 6.93. The summed E-state index contributed by atoms with van der Waals surface area (Å²) in [5.74, 6) is -0.718. The summed E-state index contributed by atoms with van der Waals surface area (Å²) in [5, 5.41) is 13.6. The van der Waals surface area contributed by atoms with E-state index in [-0.39, 0.29) is 6.04 Å². The molecule has 3 rings (SSSR count). The van der Waals surface area contributed by atoms with Crippen molar-refractivity contribution in [3.63, 3.8) is 0 Å². The van der Waals surface area contributed by atoms with Gasteiger partial charge in [-0.15, -0.1) is 0 Å². The number of halogens is 1. The molecule has 0 radical (unpaired) electrons. The fourth-order valence-electron chi connectivity index (χ4n) is 3.01. The Kier molecular flexibility index (Phi) is 4.42. The van der Waals surface area contributed by atoms with Crippen LogP contribution in [0.5, 0.6) is 0 Å². The summed E-state index contributed by atoms with van der Waals surface area (Å²) < 4.78 is 1.03. The second-order valence-electron chi connectivity index (χ2n) is 5.24. The lowest BCUT2D eigenvalue weighted by atomic mass is 9.98. The van der Waals surface area contributed by atoms with Crippen molar-refractivity contribution in [3.05, 3.63) is 56.7 Å². The first-order valence-corrected chi connectivity index (χ1v) is 8.66. The highest BCUT2D eigenvalue weighted by Gasteiger charge is 2.36. The molecule has 0 saturated carbocycles. The molecule has 1 fully saturated rings. The van der Waals surface area contributed by atoms with Gasteiger partial charge in [-0.1, -0.05) is 28.1 Å². The summed E-state index contributed by atoms with van der Waals surface area (Å²) in [6, 6.07) is 9.90. The Morgan fingerprint density at radius 3 is 2.67 bits per heavy atom. The summed E-state index contributed by atoms with van der Waals surface area (Å²) >= 11 is 5.11. The molecule has 110 valence electrons. The second-order valence-corrected chi connectivity index (χ2v) is 6.94. The first-order chi connectivity index (χ1) is 10.2. The van der Waals surface area contributed by atoms with Crippen LogP contribution in [0.1, 0.15) is 30.0 Å². The molecule has 1 aliphatic rings. The van der Waals surface area contributed by atoms with Gasteiger partial charge >= 0.3 is 5.97 Å². The Balaban J connectivity index is 2.00. The Hall–Kier alpha value is -1.17. The lowest BCUT2D eigenvalue weighted by Crippen LogP contribution is -2.39. The fourth-order valence-corrected chi connectivity index (χ4v) is 3.96. The van der Waals surface area contributed by atoms with Crippen LogP contribution in [0.2, 0.25) is 0 Å². The molecule has 1 saturated heterocycles. The maximum absolute atomic E-state index is 11.5. The summed E-state index contributed by atoms with van der Waals surface area (Å²) in [5.41, 5.74) is 2.32. The number of aliphatic carboxylic acids is 1. The van der Waals surface area contributed by atoms with Gasteiger partial charge in [0.05, 0.1) is 6.04 Å². The second kappa shape index (κ2) is 6.30. The van der Waals surface area contributed by atoms with Crippen LogP contribution in [-0.2, 0) is 4.79 Å². The minimum atomic E-state index is -0.718. The number of carboxylic acid groups (broad SMARTS) is 1. The molecular formula is C16H16BrNO2S. The lowest BCUT2D eigenvalue weighted by Gasteiger charge is -2.31. The molecule has 2 aromatic rings. The molecule has 2 atom stereocenters. The summed E-state index contributed by atoms with van der Waals surface area (Å²) in [6.45, 7) is 0.827. The third-order valence-electron chi connectivity index (χ3n) is 3.96. The van der Waals surface area contributed by atoms with Gasteiger partial charge in [-0.25, -0.2) is 0 Å². The van der Waals surface area contributed by atoms with Crippen LogP contribution in [0.15, 0.2) is 45.6 Å². The number of thiophene rings is 1. The van der Waals surface area contributed by atoms with E-state index in [9.17, 15) is 9.90 Å². The normalized spacial score (nSPS) is 20.5. The zero-order chi connectivity index (χ0) is 14.8. The molecule has 1 aliphatic heterocycles. The van der Waals surface area contributed by atoms with E-state index < -0.39 is 12.0 Å². The Morgan fingerprint density at radius 2 is 2.05 bits per heavy atom. The Morgan fingerprint density at radius 1 is 1.29 bits per heavy atom. The van der Waals surface area contributed by atoms with E-state index in [4.69, 9.17) is 0 Å². The number of carboxylic acids is 1. The average molecular weight is 366 g/mol. The van der Waals surface area contributed by atoms with Crippen LogP contribution in [0.4, 0.5) is 0 Å². The molecular weight excluding hydrogens is 350 g/mol. The SMILES string of the molecule is O=C(O)C1CCCN1C(c1ccc(Br)cc1)c1ccsc1. The number of benzene rings is 1. The minimum absolute atomic E-state index is 0.0212. The zero-order valence-corrected chi connectivity index (χ0v) is 13.8. The van der Waals surface area contributed by atoms with E-state index in [0.29, 0.717) is 0 Å². The smallest absolute Gasteiger partial charge is 0.320 e. The molecule has 1 aromatic heterocycles. The summed E-state index contributed by atoms with van der Waals surface area (Å²) in [7, 11) is 0. The van der Waals surface area contributed by atoms with Gasteiger partial charge in [0.1, 0.15) is 6.04 Å².